The first-order valence-electron chi connectivity index (χ1n) is 15.9. The molecule has 0 radical (unpaired) electrons. The summed E-state index contributed by atoms with van der Waals surface area (Å²) in [6.45, 7) is 13.1. The summed E-state index contributed by atoms with van der Waals surface area (Å²) >= 11 is 0. The molecule has 0 aromatic heterocycles. The number of likely N-dealkylation sites (tertiary alicyclic amines) is 2. The van der Waals surface area contributed by atoms with Crippen LogP contribution in [0.1, 0.15) is 98.5 Å². The molecular weight excluding hydrogens is 528 g/mol. The van der Waals surface area contributed by atoms with E-state index in [0.29, 0.717) is 37.1 Å². The number of nitrogens with zero attached hydrogens (tertiary/aromatic N) is 2. The van der Waals surface area contributed by atoms with Crippen molar-refractivity contribution in [3.63, 3.8) is 0 Å². The van der Waals surface area contributed by atoms with Crippen LogP contribution in [0.3, 0.4) is 0 Å². The average Bonchev–Trinajstić information content (AvgIpc) is 2.90. The molecular formula is C35H50N2O5. The number of carbonyl (C=O) groups is 3. The summed E-state index contributed by atoms with van der Waals surface area (Å²) in [5, 5.41) is 0. The van der Waals surface area contributed by atoms with Crippen molar-refractivity contribution < 1.29 is 23.9 Å². The van der Waals surface area contributed by atoms with Gasteiger partial charge in [0.25, 0.3) is 0 Å². The number of piperidine rings is 2. The maximum Gasteiger partial charge on any atom is 0.410 e. The van der Waals surface area contributed by atoms with E-state index in [1.165, 1.54) is 0 Å². The lowest BCUT2D eigenvalue weighted by atomic mass is 9.66. The van der Waals surface area contributed by atoms with Crippen molar-refractivity contribution >= 4 is 18.0 Å². The summed E-state index contributed by atoms with van der Waals surface area (Å²) < 4.78 is 11.4. The first-order chi connectivity index (χ1) is 19.9. The lowest BCUT2D eigenvalue weighted by Gasteiger charge is -2.49. The first kappa shape index (κ1) is 31.9. The second-order valence-electron chi connectivity index (χ2n) is 14.0. The van der Waals surface area contributed by atoms with Gasteiger partial charge in [-0.1, -0.05) is 50.1 Å². The van der Waals surface area contributed by atoms with E-state index in [1.807, 2.05) is 60.9 Å². The zero-order chi connectivity index (χ0) is 30.4. The Bertz CT molecular complexity index is 1150. The summed E-state index contributed by atoms with van der Waals surface area (Å²) in [7, 11) is 0. The van der Waals surface area contributed by atoms with Crippen LogP contribution < -0.4 is 0 Å². The molecule has 4 rings (SSSR count). The summed E-state index contributed by atoms with van der Waals surface area (Å²) in [4.78, 5) is 43.1. The molecule has 2 saturated heterocycles. The molecule has 2 amide bonds. The Morgan fingerprint density at radius 2 is 1.67 bits per heavy atom. The number of carbonyl (C=O) groups excluding carboxylic acids is 3. The molecule has 42 heavy (non-hydrogen) atoms. The number of benzene rings is 1. The Kier molecular flexibility index (Phi) is 10.6. The van der Waals surface area contributed by atoms with E-state index in [4.69, 9.17) is 9.47 Å². The van der Waals surface area contributed by atoms with Crippen LogP contribution in [0.5, 0.6) is 0 Å². The van der Waals surface area contributed by atoms with E-state index in [2.05, 4.69) is 32.6 Å². The molecule has 7 heteroatoms. The van der Waals surface area contributed by atoms with Gasteiger partial charge in [0.1, 0.15) is 12.2 Å². The van der Waals surface area contributed by atoms with E-state index in [0.717, 1.165) is 44.1 Å². The van der Waals surface area contributed by atoms with E-state index >= 15 is 0 Å². The monoisotopic (exact) mass is 578 g/mol. The predicted octanol–water partition coefficient (Wildman–Crippen LogP) is 7.23. The number of hydrogen-bond donors (Lipinski definition) is 0. The topological polar surface area (TPSA) is 76.2 Å². The maximum atomic E-state index is 13.2. The van der Waals surface area contributed by atoms with E-state index in [-0.39, 0.29) is 48.6 Å². The van der Waals surface area contributed by atoms with Crippen molar-refractivity contribution in [1.29, 1.82) is 0 Å². The van der Waals surface area contributed by atoms with Gasteiger partial charge in [-0.15, -0.1) is 0 Å². The lowest BCUT2D eigenvalue weighted by molar-refractivity contribution is -0.116. The number of Topliss-reactive ketones (excluding diaryl/α,β-unsaturated/α-hetero) is 1. The minimum absolute atomic E-state index is 0.0441. The van der Waals surface area contributed by atoms with Gasteiger partial charge in [-0.05, 0) is 101 Å². The van der Waals surface area contributed by atoms with Crippen molar-refractivity contribution in [2.75, 3.05) is 6.54 Å². The Hall–Kier alpha value is -3.01. The number of hydrogen-bond acceptors (Lipinski definition) is 5. The van der Waals surface area contributed by atoms with Crippen molar-refractivity contribution in [2.45, 2.75) is 123 Å². The fourth-order valence-corrected chi connectivity index (χ4v) is 7.51. The molecule has 0 bridgehead atoms. The van der Waals surface area contributed by atoms with Crippen LogP contribution in [0, 0.1) is 35.5 Å². The largest absolute Gasteiger partial charge is 0.445 e. The van der Waals surface area contributed by atoms with Gasteiger partial charge in [-0.25, -0.2) is 9.59 Å². The van der Waals surface area contributed by atoms with Gasteiger partial charge in [-0.3, -0.25) is 4.79 Å². The number of fused-ring (bicyclic) bond motifs is 1. The zero-order valence-corrected chi connectivity index (χ0v) is 26.4. The molecule has 0 spiro atoms. The molecule has 1 aromatic carbocycles. The van der Waals surface area contributed by atoms with Crippen molar-refractivity contribution in [3.05, 3.63) is 35.9 Å². The number of rotatable bonds is 5. The van der Waals surface area contributed by atoms with Crippen LogP contribution in [-0.2, 0) is 20.9 Å². The second-order valence-corrected chi connectivity index (χ2v) is 14.0. The molecule has 1 unspecified atom stereocenters. The molecule has 2 aliphatic heterocycles. The molecule has 7 atom stereocenters. The van der Waals surface area contributed by atoms with Gasteiger partial charge >= 0.3 is 12.2 Å². The van der Waals surface area contributed by atoms with Crippen LogP contribution in [0.25, 0.3) is 0 Å². The van der Waals surface area contributed by atoms with Crippen LogP contribution in [0.2, 0.25) is 0 Å². The number of ether oxygens (including phenoxy) is 2. The van der Waals surface area contributed by atoms with Crippen molar-refractivity contribution in [3.8, 4) is 11.8 Å². The molecule has 3 aliphatic rings. The number of amides is 2. The third-order valence-electron chi connectivity index (χ3n) is 9.13. The molecule has 1 aromatic rings. The van der Waals surface area contributed by atoms with Gasteiger partial charge in [0.05, 0.1) is 0 Å². The highest BCUT2D eigenvalue weighted by atomic mass is 16.6. The minimum atomic E-state index is -0.530. The third-order valence-corrected chi connectivity index (χ3v) is 9.13. The smallest absolute Gasteiger partial charge is 0.410 e. The predicted molar refractivity (Wildman–Crippen MR) is 163 cm³/mol. The maximum absolute atomic E-state index is 13.2. The normalized spacial score (nSPS) is 29.5. The summed E-state index contributed by atoms with van der Waals surface area (Å²) in [6, 6.07) is 9.79. The summed E-state index contributed by atoms with van der Waals surface area (Å²) in [5.74, 6) is 7.44. The average molecular weight is 579 g/mol. The van der Waals surface area contributed by atoms with Gasteiger partial charge in [0, 0.05) is 37.5 Å². The van der Waals surface area contributed by atoms with Gasteiger partial charge < -0.3 is 19.3 Å². The highest BCUT2D eigenvalue weighted by Crippen LogP contribution is 2.43. The molecule has 3 fully saturated rings. The quantitative estimate of drug-likeness (QED) is 0.272. The van der Waals surface area contributed by atoms with Crippen LogP contribution in [0.15, 0.2) is 30.3 Å². The molecule has 0 N–H and O–H groups in total. The van der Waals surface area contributed by atoms with E-state index in [1.54, 1.807) is 0 Å². The first-order valence-corrected chi connectivity index (χ1v) is 15.9. The van der Waals surface area contributed by atoms with Gasteiger partial charge in [0.2, 0.25) is 5.78 Å². The Balaban J connectivity index is 1.37. The van der Waals surface area contributed by atoms with Crippen LogP contribution in [-0.4, -0.2) is 58.0 Å². The highest BCUT2D eigenvalue weighted by Gasteiger charge is 2.44. The Morgan fingerprint density at radius 1 is 0.952 bits per heavy atom. The van der Waals surface area contributed by atoms with Crippen LogP contribution >= 0.6 is 0 Å². The number of ketones is 1. The standard InChI is InChI=1S/C35H50N2O5/c1-24-18-26(3)37(34(40)41-23-27-12-8-7-9-13-27)29(20-24)14-10-15-30(38)22-28-19-25(2)21-32-31(28)16-11-17-36(32)33(39)42-35(4,5)6/h7-9,12-13,24-26,28-29,31-32H,11,14,16-23H2,1-6H3/t24-,25-,26+,28-,29?,31-,32-/m1/s1. The molecule has 230 valence electrons. The van der Waals surface area contributed by atoms with E-state index < -0.39 is 5.60 Å². The Labute approximate surface area is 252 Å². The second kappa shape index (κ2) is 14.0. The molecule has 1 aliphatic carbocycles. The third kappa shape index (κ3) is 8.52. The minimum Gasteiger partial charge on any atom is -0.445 e. The fourth-order valence-electron chi connectivity index (χ4n) is 7.51. The SMILES string of the molecule is C[C@@H]1C[C@H](CC(=O)C#CCC2C[C@H](C)C[C@H](C)N2C(=O)OCc2ccccc2)[C@H]2CCCN(C(=O)OC(C)(C)C)[C@@H]2C1. The van der Waals surface area contributed by atoms with Gasteiger partial charge in [0.15, 0.2) is 0 Å². The summed E-state index contributed by atoms with van der Waals surface area (Å²) in [5.41, 5.74) is 0.425. The highest BCUT2D eigenvalue weighted by molar-refractivity contribution is 5.95. The van der Waals surface area contributed by atoms with Crippen molar-refractivity contribution in [2.24, 2.45) is 23.7 Å². The van der Waals surface area contributed by atoms with Crippen LogP contribution in [0.4, 0.5) is 9.59 Å². The Morgan fingerprint density at radius 3 is 2.38 bits per heavy atom. The van der Waals surface area contributed by atoms with E-state index in [9.17, 15) is 14.4 Å². The summed E-state index contributed by atoms with van der Waals surface area (Å²) in [6.07, 6.45) is 5.99. The zero-order valence-electron chi connectivity index (χ0n) is 26.4. The fraction of sp³-hybridized carbons (Fsp3) is 0.686. The molecule has 1 saturated carbocycles. The molecule has 7 nitrogen and oxygen atoms in total. The molecule has 2 heterocycles. The van der Waals surface area contributed by atoms with Crippen molar-refractivity contribution in [1.82, 2.24) is 9.80 Å². The van der Waals surface area contributed by atoms with Gasteiger partial charge in [-0.2, -0.15) is 0 Å². The lowest BCUT2D eigenvalue weighted by Crippen LogP contribution is -2.54.